The predicted molar refractivity (Wildman–Crippen MR) is 55.8 cm³/mol. The minimum absolute atomic E-state index is 0.539. The fraction of sp³-hybridized carbons (Fsp3) is 0.100. The molecule has 74 valence electrons. The SMILES string of the molecule is Cc1cc(C#N)cc(-n2cc(Cl)cn2)n1. The average Bonchev–Trinajstić information content (AvgIpc) is 2.64. The first-order valence-corrected chi connectivity index (χ1v) is 4.66. The number of halogens is 1. The summed E-state index contributed by atoms with van der Waals surface area (Å²) in [6.07, 6.45) is 3.17. The molecule has 2 aromatic heterocycles. The first kappa shape index (κ1) is 9.69. The molecule has 0 amide bonds. The Labute approximate surface area is 91.7 Å². The molecule has 0 aliphatic rings. The number of aromatic nitrogens is 3. The molecule has 0 atom stereocenters. The van der Waals surface area contributed by atoms with Crippen LogP contribution >= 0.6 is 11.6 Å². The van der Waals surface area contributed by atoms with Crippen molar-refractivity contribution < 1.29 is 0 Å². The summed E-state index contributed by atoms with van der Waals surface area (Å²) in [5.41, 5.74) is 1.33. The summed E-state index contributed by atoms with van der Waals surface area (Å²) < 4.78 is 1.54. The molecule has 5 heteroatoms. The molecule has 0 N–H and O–H groups in total. The molecule has 0 bridgehead atoms. The van der Waals surface area contributed by atoms with E-state index in [1.165, 1.54) is 10.9 Å². The van der Waals surface area contributed by atoms with E-state index in [1.54, 1.807) is 18.3 Å². The van der Waals surface area contributed by atoms with Crippen molar-refractivity contribution >= 4 is 11.6 Å². The Kier molecular flexibility index (Phi) is 2.40. The second kappa shape index (κ2) is 3.71. The molecule has 0 saturated heterocycles. The van der Waals surface area contributed by atoms with Crippen LogP contribution in [-0.4, -0.2) is 14.8 Å². The number of nitrogens with zero attached hydrogens (tertiary/aromatic N) is 4. The van der Waals surface area contributed by atoms with Crippen LogP contribution in [0.25, 0.3) is 5.82 Å². The van der Waals surface area contributed by atoms with Crippen LogP contribution in [0.1, 0.15) is 11.3 Å². The molecule has 15 heavy (non-hydrogen) atoms. The lowest BCUT2D eigenvalue weighted by molar-refractivity contribution is 0.840. The second-order valence-electron chi connectivity index (χ2n) is 3.07. The maximum absolute atomic E-state index is 8.81. The maximum Gasteiger partial charge on any atom is 0.154 e. The number of hydrogen-bond donors (Lipinski definition) is 0. The molecule has 0 spiro atoms. The highest BCUT2D eigenvalue weighted by atomic mass is 35.5. The van der Waals surface area contributed by atoms with Crippen LogP contribution in [0, 0.1) is 18.3 Å². The number of pyridine rings is 1. The van der Waals surface area contributed by atoms with Gasteiger partial charge in [0, 0.05) is 11.8 Å². The first-order valence-electron chi connectivity index (χ1n) is 4.28. The third-order valence-corrected chi connectivity index (χ3v) is 2.05. The first-order chi connectivity index (χ1) is 7.19. The molecular formula is C10H7ClN4. The van der Waals surface area contributed by atoms with Crippen molar-refractivity contribution in [1.82, 2.24) is 14.8 Å². The molecule has 2 aromatic rings. The quantitative estimate of drug-likeness (QED) is 0.737. The van der Waals surface area contributed by atoms with Crippen LogP contribution in [0.15, 0.2) is 24.5 Å². The summed E-state index contributed by atoms with van der Waals surface area (Å²) in [5.74, 6) is 0.596. The topological polar surface area (TPSA) is 54.5 Å². The van der Waals surface area contributed by atoms with Crippen LogP contribution in [-0.2, 0) is 0 Å². The second-order valence-corrected chi connectivity index (χ2v) is 3.51. The van der Waals surface area contributed by atoms with E-state index in [0.29, 0.717) is 16.4 Å². The molecular weight excluding hydrogens is 212 g/mol. The van der Waals surface area contributed by atoms with Gasteiger partial charge in [-0.25, -0.2) is 9.67 Å². The van der Waals surface area contributed by atoms with E-state index in [1.807, 2.05) is 6.92 Å². The summed E-state index contributed by atoms with van der Waals surface area (Å²) in [5, 5.41) is 13.4. The Morgan fingerprint density at radius 1 is 1.47 bits per heavy atom. The Balaban J connectivity index is 2.54. The van der Waals surface area contributed by atoms with Crippen LogP contribution in [0.3, 0.4) is 0 Å². The van der Waals surface area contributed by atoms with Crippen LogP contribution in [0.2, 0.25) is 5.02 Å². The summed E-state index contributed by atoms with van der Waals surface area (Å²) in [6.45, 7) is 1.83. The Hall–Kier alpha value is -1.86. The van der Waals surface area contributed by atoms with Crippen molar-refractivity contribution in [3.05, 3.63) is 40.8 Å². The average molecular weight is 219 g/mol. The monoisotopic (exact) mass is 218 g/mol. The summed E-state index contributed by atoms with van der Waals surface area (Å²) in [7, 11) is 0. The van der Waals surface area contributed by atoms with Gasteiger partial charge in [-0.05, 0) is 13.0 Å². The molecule has 0 saturated carbocycles. The van der Waals surface area contributed by atoms with Crippen LogP contribution in [0.5, 0.6) is 0 Å². The van der Waals surface area contributed by atoms with Crippen molar-refractivity contribution in [1.29, 1.82) is 5.26 Å². The van der Waals surface area contributed by atoms with Crippen molar-refractivity contribution in [3.63, 3.8) is 0 Å². The van der Waals surface area contributed by atoms with Gasteiger partial charge in [0.25, 0.3) is 0 Å². The standard InChI is InChI=1S/C10H7ClN4/c1-7-2-8(4-12)3-10(14-7)15-6-9(11)5-13-15/h2-3,5-6H,1H3. The van der Waals surface area contributed by atoms with Gasteiger partial charge in [0.05, 0.1) is 29.0 Å². The fourth-order valence-corrected chi connectivity index (χ4v) is 1.40. The lowest BCUT2D eigenvalue weighted by atomic mass is 10.2. The number of rotatable bonds is 1. The lowest BCUT2D eigenvalue weighted by Crippen LogP contribution is -1.99. The number of aryl methyl sites for hydroxylation is 1. The van der Waals surface area contributed by atoms with Gasteiger partial charge in [-0.2, -0.15) is 10.4 Å². The normalized spacial score (nSPS) is 9.93. The molecule has 0 aliphatic heterocycles. The van der Waals surface area contributed by atoms with Gasteiger partial charge in [0.15, 0.2) is 5.82 Å². The number of nitriles is 1. The zero-order chi connectivity index (χ0) is 10.8. The smallest absolute Gasteiger partial charge is 0.154 e. The van der Waals surface area contributed by atoms with E-state index in [2.05, 4.69) is 16.2 Å². The van der Waals surface area contributed by atoms with Gasteiger partial charge in [0.2, 0.25) is 0 Å². The highest BCUT2D eigenvalue weighted by Crippen LogP contribution is 2.12. The van der Waals surface area contributed by atoms with Crippen molar-refractivity contribution in [2.45, 2.75) is 6.92 Å². The van der Waals surface area contributed by atoms with E-state index in [-0.39, 0.29) is 0 Å². The predicted octanol–water partition coefficient (Wildman–Crippen LogP) is 2.10. The largest absolute Gasteiger partial charge is 0.234 e. The van der Waals surface area contributed by atoms with Gasteiger partial charge >= 0.3 is 0 Å². The molecule has 4 nitrogen and oxygen atoms in total. The van der Waals surface area contributed by atoms with Gasteiger partial charge in [-0.15, -0.1) is 0 Å². The van der Waals surface area contributed by atoms with Gasteiger partial charge in [-0.1, -0.05) is 11.6 Å². The van der Waals surface area contributed by atoms with Gasteiger partial charge in [-0.3, -0.25) is 0 Å². The number of hydrogen-bond acceptors (Lipinski definition) is 3. The Bertz CT molecular complexity index is 539. The third-order valence-electron chi connectivity index (χ3n) is 1.85. The Morgan fingerprint density at radius 3 is 2.87 bits per heavy atom. The van der Waals surface area contributed by atoms with Crippen LogP contribution < -0.4 is 0 Å². The van der Waals surface area contributed by atoms with Crippen molar-refractivity contribution in [2.24, 2.45) is 0 Å². The van der Waals surface area contributed by atoms with Crippen LogP contribution in [0.4, 0.5) is 0 Å². The van der Waals surface area contributed by atoms with E-state index >= 15 is 0 Å². The van der Waals surface area contributed by atoms with Crippen molar-refractivity contribution in [2.75, 3.05) is 0 Å². The lowest BCUT2D eigenvalue weighted by Gasteiger charge is -2.01. The highest BCUT2D eigenvalue weighted by molar-refractivity contribution is 6.30. The summed E-state index contributed by atoms with van der Waals surface area (Å²) in [4.78, 5) is 4.26. The van der Waals surface area contributed by atoms with Gasteiger partial charge in [0.1, 0.15) is 0 Å². The maximum atomic E-state index is 8.81. The zero-order valence-corrected chi connectivity index (χ0v) is 8.73. The molecule has 0 unspecified atom stereocenters. The molecule has 2 rings (SSSR count). The molecule has 2 heterocycles. The third kappa shape index (κ3) is 1.97. The van der Waals surface area contributed by atoms with E-state index < -0.39 is 0 Å². The van der Waals surface area contributed by atoms with Crippen molar-refractivity contribution in [3.8, 4) is 11.9 Å². The van der Waals surface area contributed by atoms with Gasteiger partial charge < -0.3 is 0 Å². The fourth-order valence-electron chi connectivity index (χ4n) is 1.26. The molecule has 0 radical (unpaired) electrons. The van der Waals surface area contributed by atoms with E-state index in [4.69, 9.17) is 16.9 Å². The minimum atomic E-state index is 0.539. The van der Waals surface area contributed by atoms with E-state index in [9.17, 15) is 0 Å². The molecule has 0 fully saturated rings. The minimum Gasteiger partial charge on any atom is -0.234 e. The molecule has 0 aromatic carbocycles. The molecule has 0 aliphatic carbocycles. The summed E-state index contributed by atoms with van der Waals surface area (Å²) in [6, 6.07) is 5.45. The zero-order valence-electron chi connectivity index (χ0n) is 7.98. The highest BCUT2D eigenvalue weighted by Gasteiger charge is 2.03. The Morgan fingerprint density at radius 2 is 2.27 bits per heavy atom. The summed E-state index contributed by atoms with van der Waals surface area (Å²) >= 11 is 5.75. The van der Waals surface area contributed by atoms with E-state index in [0.717, 1.165) is 5.69 Å².